The number of alkyl carbamates (subject to hydrolysis) is 1. The second-order valence-electron chi connectivity index (χ2n) is 24.2. The molecule has 1 aliphatic rings. The normalized spacial score (nSPS) is 18.0. The van der Waals surface area contributed by atoms with Crippen molar-refractivity contribution in [3.8, 4) is 5.75 Å². The van der Waals surface area contributed by atoms with E-state index in [1.54, 1.807) is 58.9 Å². The first kappa shape index (κ1) is 70.3. The maximum absolute atomic E-state index is 15.3. The van der Waals surface area contributed by atoms with E-state index < -0.39 is 116 Å². The molecule has 1 fully saturated rings. The van der Waals surface area contributed by atoms with Crippen molar-refractivity contribution in [2.24, 2.45) is 29.4 Å². The van der Waals surface area contributed by atoms with E-state index in [-0.39, 0.29) is 54.0 Å². The molecule has 21 heteroatoms. The zero-order valence-electron chi connectivity index (χ0n) is 51.3. The first-order valence-electron chi connectivity index (χ1n) is 28.4. The van der Waals surface area contributed by atoms with Gasteiger partial charge in [-0.2, -0.15) is 0 Å². The van der Waals surface area contributed by atoms with Crippen molar-refractivity contribution in [2.75, 3.05) is 34.6 Å². The Hall–Kier alpha value is -4.83. The molecule has 0 aliphatic carbocycles. The lowest BCUT2D eigenvalue weighted by Gasteiger charge is -2.47. The molecule has 0 spiro atoms. The van der Waals surface area contributed by atoms with Crippen molar-refractivity contribution in [1.29, 1.82) is 0 Å². The third kappa shape index (κ3) is 20.3. The predicted molar refractivity (Wildman–Crippen MR) is 304 cm³/mol. The molecule has 0 bridgehead atoms. The molecule has 452 valence electrons. The SMILES string of the molecule is CC[C@H](C)[C@@H](NC(=O)[C@@H](NC(=O)OC(C)(C)C)[C@@H](C)OC(=O)[C@H](Cc1ccc(OC)cc1)N(C)C(=O)[C@@H]1CCCN1C(=O)[C@@H](N)CC(C)C)[C@H](CC(=O)O[C@@H](C(C)C)[C@@H](OCOC)[C@H](C)C(=O)O)O[Si](C(C)C)(C(C)C)C(C)C. The number of carboxylic acids is 1. The van der Waals surface area contributed by atoms with Crippen LogP contribution >= 0.6 is 0 Å². The highest BCUT2D eigenvalue weighted by molar-refractivity contribution is 6.77. The van der Waals surface area contributed by atoms with Gasteiger partial charge in [0.25, 0.3) is 0 Å². The number of nitrogens with two attached hydrogens (primary N) is 1. The average Bonchev–Trinajstić information content (AvgIpc) is 3.89. The van der Waals surface area contributed by atoms with Gasteiger partial charge in [-0.25, -0.2) is 9.59 Å². The van der Waals surface area contributed by atoms with Crippen molar-refractivity contribution in [3.63, 3.8) is 0 Å². The molecular weight excluding hydrogens is 1030 g/mol. The average molecular weight is 1140 g/mol. The quantitative estimate of drug-likeness (QED) is 0.0230. The third-order valence-corrected chi connectivity index (χ3v) is 21.3. The number of aliphatic carboxylic acids is 1. The van der Waals surface area contributed by atoms with Crippen LogP contribution in [0.5, 0.6) is 5.75 Å². The van der Waals surface area contributed by atoms with E-state index in [0.717, 1.165) is 0 Å². The fourth-order valence-electron chi connectivity index (χ4n) is 10.8. The molecule has 1 aromatic rings. The van der Waals surface area contributed by atoms with E-state index in [1.165, 1.54) is 44.9 Å². The summed E-state index contributed by atoms with van der Waals surface area (Å²) in [5.41, 5.74) is 6.08. The fraction of sp³-hybridized carbons (Fsp3) is 0.776. The zero-order chi connectivity index (χ0) is 60.4. The predicted octanol–water partition coefficient (Wildman–Crippen LogP) is 8.01. The van der Waals surface area contributed by atoms with E-state index in [9.17, 15) is 33.9 Å². The van der Waals surface area contributed by atoms with E-state index in [1.807, 2.05) is 27.7 Å². The van der Waals surface area contributed by atoms with Crippen molar-refractivity contribution < 1.29 is 71.5 Å². The summed E-state index contributed by atoms with van der Waals surface area (Å²) in [4.78, 5) is 102. The van der Waals surface area contributed by atoms with Crippen molar-refractivity contribution in [3.05, 3.63) is 29.8 Å². The van der Waals surface area contributed by atoms with Gasteiger partial charge in [-0.3, -0.25) is 24.0 Å². The molecule has 11 atom stereocenters. The lowest BCUT2D eigenvalue weighted by Crippen LogP contribution is -2.62. The number of amides is 4. The Kier molecular flexibility index (Phi) is 28.4. The molecule has 0 radical (unpaired) electrons. The van der Waals surface area contributed by atoms with Crippen LogP contribution in [-0.2, 0) is 63.3 Å². The Labute approximate surface area is 473 Å². The second kappa shape index (κ2) is 32.0. The van der Waals surface area contributed by atoms with Crippen LogP contribution in [0.15, 0.2) is 24.3 Å². The molecule has 0 unspecified atom stereocenters. The summed E-state index contributed by atoms with van der Waals surface area (Å²) in [6, 6.07) is 1.41. The molecule has 1 aliphatic heterocycles. The van der Waals surface area contributed by atoms with Gasteiger partial charge in [-0.05, 0) is 106 Å². The number of likely N-dealkylation sites (N-methyl/N-ethyl adjacent to an activating group) is 1. The highest BCUT2D eigenvalue weighted by Crippen LogP contribution is 2.44. The highest BCUT2D eigenvalue weighted by atomic mass is 28.4. The number of carbonyl (C=O) groups is 7. The first-order valence-corrected chi connectivity index (χ1v) is 30.5. The van der Waals surface area contributed by atoms with Gasteiger partial charge in [-0.1, -0.05) is 102 Å². The summed E-state index contributed by atoms with van der Waals surface area (Å²) < 4.78 is 41.9. The molecule has 1 heterocycles. The largest absolute Gasteiger partial charge is 0.497 e. The molecule has 1 aromatic carbocycles. The van der Waals surface area contributed by atoms with Gasteiger partial charge in [0.1, 0.15) is 54.6 Å². The molecule has 1 saturated heterocycles. The fourth-order valence-corrected chi connectivity index (χ4v) is 16.4. The number of carbonyl (C=O) groups excluding carboxylic acids is 6. The summed E-state index contributed by atoms with van der Waals surface area (Å²) >= 11 is 0. The number of benzene rings is 1. The molecule has 5 N–H and O–H groups in total. The number of nitrogens with zero attached hydrogens (tertiary/aromatic N) is 2. The van der Waals surface area contributed by atoms with Gasteiger partial charge >= 0.3 is 24.0 Å². The van der Waals surface area contributed by atoms with Crippen molar-refractivity contribution in [1.82, 2.24) is 20.4 Å². The molecule has 79 heavy (non-hydrogen) atoms. The summed E-state index contributed by atoms with van der Waals surface area (Å²) in [5, 5.41) is 15.9. The minimum absolute atomic E-state index is 0.0301. The first-order chi connectivity index (χ1) is 36.7. The molecule has 2 rings (SSSR count). The molecule has 4 amide bonds. The van der Waals surface area contributed by atoms with Gasteiger partial charge in [0, 0.05) is 27.1 Å². The molecule has 0 aromatic heterocycles. The summed E-state index contributed by atoms with van der Waals surface area (Å²) in [5.74, 6) is -5.56. The van der Waals surface area contributed by atoms with Crippen LogP contribution in [0.2, 0.25) is 16.6 Å². The molecular formula is C58H101N5O15Si. The minimum Gasteiger partial charge on any atom is -0.497 e. The Bertz CT molecular complexity index is 2100. The van der Waals surface area contributed by atoms with Gasteiger partial charge in [0.2, 0.25) is 26.0 Å². The summed E-state index contributed by atoms with van der Waals surface area (Å²) in [7, 11) is 1.51. The van der Waals surface area contributed by atoms with Crippen LogP contribution in [-0.4, -0.2) is 160 Å². The number of hydrogen-bond acceptors (Lipinski definition) is 15. The molecule has 0 saturated carbocycles. The smallest absolute Gasteiger partial charge is 0.408 e. The number of methoxy groups -OCH3 is 2. The van der Waals surface area contributed by atoms with Gasteiger partial charge in [-0.15, -0.1) is 0 Å². The van der Waals surface area contributed by atoms with E-state index in [0.29, 0.717) is 43.5 Å². The zero-order valence-corrected chi connectivity index (χ0v) is 52.3. The number of rotatable bonds is 32. The topological polar surface area (TPSA) is 261 Å². The summed E-state index contributed by atoms with van der Waals surface area (Å²) in [6.45, 7) is 31.9. The van der Waals surface area contributed by atoms with Gasteiger partial charge in [0.05, 0.1) is 37.6 Å². The number of nitrogens with one attached hydrogen (secondary N) is 2. The van der Waals surface area contributed by atoms with Crippen LogP contribution in [0.4, 0.5) is 4.79 Å². The summed E-state index contributed by atoms with van der Waals surface area (Å²) in [6.07, 6.45) is -4.11. The monoisotopic (exact) mass is 1140 g/mol. The van der Waals surface area contributed by atoms with Crippen LogP contribution < -0.4 is 21.1 Å². The number of esters is 2. The second-order valence-corrected chi connectivity index (χ2v) is 29.6. The Balaban J connectivity index is 2.82. The number of likely N-dealkylation sites (tertiary alicyclic amines) is 1. The van der Waals surface area contributed by atoms with E-state index in [4.69, 9.17) is 38.6 Å². The molecule has 20 nitrogen and oxygen atoms in total. The van der Waals surface area contributed by atoms with Crippen molar-refractivity contribution >= 4 is 50.0 Å². The maximum Gasteiger partial charge on any atom is 0.408 e. The van der Waals surface area contributed by atoms with Crippen LogP contribution in [0, 0.1) is 23.7 Å². The number of carboxylic acid groups (broad SMARTS) is 1. The Morgan fingerprint density at radius 2 is 1.43 bits per heavy atom. The standard InChI is InChI=1S/C58H101N5O15Si/c1-21-38(12)48(46(78-79(35(6)7,36(8)9)37(10)11)31-47(64)76-50(34(4)5)51(74-32-72-19)39(13)55(68)69)60-52(65)49(61-57(71)77-58(15,16)17)40(14)75-56(70)45(30-41-24-26-42(73-20)27-25-41)62(18)54(67)44-23-22-28-63(44)53(66)43(59)29-33(2)3/h24-27,33-40,43-46,48-51H,21-23,28-32,59H2,1-20H3,(H,60,65)(H,61,71)(H,68,69)/t38-,39-,40+,43-,44-,45-,46-,48+,49-,50-,51-/m0/s1. The minimum atomic E-state index is -2.90. The van der Waals surface area contributed by atoms with Gasteiger partial charge in [0.15, 0.2) is 0 Å². The number of hydrogen-bond donors (Lipinski definition) is 4. The van der Waals surface area contributed by atoms with Crippen LogP contribution in [0.1, 0.15) is 155 Å². The van der Waals surface area contributed by atoms with Crippen LogP contribution in [0.25, 0.3) is 0 Å². The van der Waals surface area contributed by atoms with Gasteiger partial charge < -0.3 is 64.1 Å². The van der Waals surface area contributed by atoms with E-state index in [2.05, 4.69) is 52.2 Å². The van der Waals surface area contributed by atoms with E-state index >= 15 is 4.79 Å². The van der Waals surface area contributed by atoms with Crippen LogP contribution in [0.3, 0.4) is 0 Å². The third-order valence-electron chi connectivity index (χ3n) is 15.2. The van der Waals surface area contributed by atoms with Crippen molar-refractivity contribution in [2.45, 2.75) is 233 Å². The Morgan fingerprint density at radius 1 is 0.848 bits per heavy atom. The maximum atomic E-state index is 15.3. The number of ether oxygens (including phenoxy) is 6. The Morgan fingerprint density at radius 3 is 1.91 bits per heavy atom. The lowest BCUT2D eigenvalue weighted by molar-refractivity contribution is -0.185. The highest BCUT2D eigenvalue weighted by Gasteiger charge is 2.50. The lowest BCUT2D eigenvalue weighted by atomic mass is 9.91.